The number of hydrogen-bond donors (Lipinski definition) is 0. The zero-order valence-corrected chi connectivity index (χ0v) is 12.1. The third kappa shape index (κ3) is 2.38. The molecule has 106 valence electrons. The lowest BCUT2D eigenvalue weighted by Gasteiger charge is -2.21. The molecule has 1 aromatic heterocycles. The number of nitrogens with zero attached hydrogens (tertiary/aromatic N) is 1. The Morgan fingerprint density at radius 2 is 2.00 bits per heavy atom. The van der Waals surface area contributed by atoms with Gasteiger partial charge in [-0.15, -0.1) is 0 Å². The van der Waals surface area contributed by atoms with Gasteiger partial charge in [-0.05, 0) is 42.5 Å². The fourth-order valence-electron chi connectivity index (χ4n) is 2.85. The van der Waals surface area contributed by atoms with Crippen LogP contribution in [0.3, 0.4) is 0 Å². The summed E-state index contributed by atoms with van der Waals surface area (Å²) in [6.07, 6.45) is 3.58. The van der Waals surface area contributed by atoms with Gasteiger partial charge in [0.1, 0.15) is 0 Å². The SMILES string of the molecule is CC(C)c1ccc2c(ccn2C(=O)C2CCOCC2)c1. The molecule has 0 radical (unpaired) electrons. The summed E-state index contributed by atoms with van der Waals surface area (Å²) in [4.78, 5) is 12.6. The molecule has 0 atom stereocenters. The lowest BCUT2D eigenvalue weighted by molar-refractivity contribution is 0.0490. The number of fused-ring (bicyclic) bond motifs is 1. The summed E-state index contributed by atoms with van der Waals surface area (Å²) < 4.78 is 7.15. The molecule has 0 N–H and O–H groups in total. The predicted octanol–water partition coefficient (Wildman–Crippen LogP) is 3.83. The van der Waals surface area contributed by atoms with Gasteiger partial charge < -0.3 is 4.74 Å². The van der Waals surface area contributed by atoms with E-state index in [0.717, 1.165) is 23.7 Å². The maximum Gasteiger partial charge on any atom is 0.234 e. The van der Waals surface area contributed by atoms with E-state index in [-0.39, 0.29) is 11.8 Å². The zero-order chi connectivity index (χ0) is 14.1. The van der Waals surface area contributed by atoms with Crippen LogP contribution in [-0.4, -0.2) is 23.7 Å². The number of carbonyl (C=O) groups excluding carboxylic acids is 1. The van der Waals surface area contributed by atoms with E-state index in [1.54, 1.807) is 0 Å². The van der Waals surface area contributed by atoms with Crippen LogP contribution < -0.4 is 0 Å². The standard InChI is InChI=1S/C17H21NO2/c1-12(2)14-3-4-16-15(11-14)5-8-18(16)17(19)13-6-9-20-10-7-13/h3-5,8,11-13H,6-7,9-10H2,1-2H3. The summed E-state index contributed by atoms with van der Waals surface area (Å²) in [5.74, 6) is 0.818. The van der Waals surface area contributed by atoms with E-state index in [1.807, 2.05) is 16.8 Å². The zero-order valence-electron chi connectivity index (χ0n) is 12.1. The van der Waals surface area contributed by atoms with Gasteiger partial charge in [0, 0.05) is 30.7 Å². The largest absolute Gasteiger partial charge is 0.381 e. The van der Waals surface area contributed by atoms with E-state index in [0.29, 0.717) is 19.1 Å². The summed E-state index contributed by atoms with van der Waals surface area (Å²) in [6, 6.07) is 8.43. The third-order valence-corrected chi connectivity index (χ3v) is 4.19. The van der Waals surface area contributed by atoms with Crippen molar-refractivity contribution in [3.05, 3.63) is 36.0 Å². The Labute approximate surface area is 119 Å². The van der Waals surface area contributed by atoms with Gasteiger partial charge in [-0.1, -0.05) is 19.9 Å². The molecule has 20 heavy (non-hydrogen) atoms. The molecule has 3 heteroatoms. The Morgan fingerprint density at radius 1 is 1.25 bits per heavy atom. The fraction of sp³-hybridized carbons (Fsp3) is 0.471. The van der Waals surface area contributed by atoms with E-state index in [4.69, 9.17) is 4.74 Å². The van der Waals surface area contributed by atoms with Crippen LogP contribution in [0.5, 0.6) is 0 Å². The average Bonchev–Trinajstić information content (AvgIpc) is 2.90. The first-order chi connectivity index (χ1) is 9.66. The van der Waals surface area contributed by atoms with Crippen molar-refractivity contribution in [2.24, 2.45) is 5.92 Å². The molecule has 1 aliphatic rings. The molecule has 0 saturated carbocycles. The van der Waals surface area contributed by atoms with Gasteiger partial charge in [0.2, 0.25) is 5.91 Å². The Hall–Kier alpha value is -1.61. The number of rotatable bonds is 2. The van der Waals surface area contributed by atoms with Crippen LogP contribution in [0.2, 0.25) is 0 Å². The highest BCUT2D eigenvalue weighted by Crippen LogP contribution is 2.25. The molecular weight excluding hydrogens is 250 g/mol. The molecule has 1 fully saturated rings. The molecule has 0 amide bonds. The van der Waals surface area contributed by atoms with Crippen LogP contribution in [0.25, 0.3) is 10.9 Å². The van der Waals surface area contributed by atoms with Gasteiger partial charge in [-0.3, -0.25) is 9.36 Å². The van der Waals surface area contributed by atoms with E-state index in [2.05, 4.69) is 32.0 Å². The highest BCUT2D eigenvalue weighted by Gasteiger charge is 2.23. The summed E-state index contributed by atoms with van der Waals surface area (Å²) in [5.41, 5.74) is 2.33. The van der Waals surface area contributed by atoms with Gasteiger partial charge in [0.15, 0.2) is 0 Å². The van der Waals surface area contributed by atoms with Crippen LogP contribution >= 0.6 is 0 Å². The Balaban J connectivity index is 1.93. The Bertz CT molecular complexity index is 621. The van der Waals surface area contributed by atoms with Crippen LogP contribution in [0.4, 0.5) is 0 Å². The maximum atomic E-state index is 12.6. The molecule has 0 spiro atoms. The summed E-state index contributed by atoms with van der Waals surface area (Å²) >= 11 is 0. The second kappa shape index (κ2) is 5.41. The summed E-state index contributed by atoms with van der Waals surface area (Å²) in [5, 5.41) is 1.15. The van der Waals surface area contributed by atoms with Crippen LogP contribution in [-0.2, 0) is 4.74 Å². The molecule has 1 aromatic carbocycles. The molecule has 0 bridgehead atoms. The fourth-order valence-corrected chi connectivity index (χ4v) is 2.85. The predicted molar refractivity (Wildman–Crippen MR) is 80.2 cm³/mol. The molecule has 2 heterocycles. The minimum Gasteiger partial charge on any atom is -0.381 e. The van der Waals surface area contributed by atoms with Gasteiger partial charge in [0.05, 0.1) is 5.52 Å². The van der Waals surface area contributed by atoms with Crippen LogP contribution in [0, 0.1) is 5.92 Å². The van der Waals surface area contributed by atoms with E-state index < -0.39 is 0 Å². The third-order valence-electron chi connectivity index (χ3n) is 4.19. The number of aromatic nitrogens is 1. The van der Waals surface area contributed by atoms with Crippen LogP contribution in [0.15, 0.2) is 30.5 Å². The van der Waals surface area contributed by atoms with Gasteiger partial charge in [-0.2, -0.15) is 0 Å². The summed E-state index contributed by atoms with van der Waals surface area (Å²) in [7, 11) is 0. The van der Waals surface area contributed by atoms with Crippen molar-refractivity contribution in [2.75, 3.05) is 13.2 Å². The van der Waals surface area contributed by atoms with Crippen molar-refractivity contribution in [3.63, 3.8) is 0 Å². The van der Waals surface area contributed by atoms with Crippen molar-refractivity contribution in [3.8, 4) is 0 Å². The number of benzene rings is 1. The smallest absolute Gasteiger partial charge is 0.234 e. The summed E-state index contributed by atoms with van der Waals surface area (Å²) in [6.45, 7) is 5.77. The van der Waals surface area contributed by atoms with Gasteiger partial charge in [-0.25, -0.2) is 0 Å². The topological polar surface area (TPSA) is 31.2 Å². The molecule has 3 nitrogen and oxygen atoms in total. The van der Waals surface area contributed by atoms with Crippen molar-refractivity contribution in [2.45, 2.75) is 32.6 Å². The highest BCUT2D eigenvalue weighted by atomic mass is 16.5. The first-order valence-corrected chi connectivity index (χ1v) is 7.40. The lowest BCUT2D eigenvalue weighted by atomic mass is 9.99. The lowest BCUT2D eigenvalue weighted by Crippen LogP contribution is -2.27. The van der Waals surface area contributed by atoms with E-state index in [1.165, 1.54) is 5.56 Å². The maximum absolute atomic E-state index is 12.6. The number of ether oxygens (including phenoxy) is 1. The molecular formula is C17H21NO2. The molecule has 1 aliphatic heterocycles. The molecule has 0 aliphatic carbocycles. The first-order valence-electron chi connectivity index (χ1n) is 7.40. The van der Waals surface area contributed by atoms with Gasteiger partial charge >= 0.3 is 0 Å². The quantitative estimate of drug-likeness (QED) is 0.831. The minimum absolute atomic E-state index is 0.101. The van der Waals surface area contributed by atoms with Crippen molar-refractivity contribution in [1.82, 2.24) is 4.57 Å². The molecule has 2 aromatic rings. The monoisotopic (exact) mass is 271 g/mol. The first kappa shape index (κ1) is 13.4. The Kier molecular flexibility index (Phi) is 3.62. The van der Waals surface area contributed by atoms with Gasteiger partial charge in [0.25, 0.3) is 0 Å². The van der Waals surface area contributed by atoms with Crippen molar-refractivity contribution >= 4 is 16.8 Å². The molecule has 3 rings (SSSR count). The molecule has 0 unspecified atom stereocenters. The van der Waals surface area contributed by atoms with E-state index >= 15 is 0 Å². The van der Waals surface area contributed by atoms with Crippen LogP contribution in [0.1, 0.15) is 43.0 Å². The van der Waals surface area contributed by atoms with Crippen molar-refractivity contribution in [1.29, 1.82) is 0 Å². The normalized spacial score (nSPS) is 16.9. The molecule has 1 saturated heterocycles. The second-order valence-corrected chi connectivity index (χ2v) is 5.88. The minimum atomic E-state index is 0.101. The average molecular weight is 271 g/mol. The number of carbonyl (C=O) groups is 1. The number of hydrogen-bond acceptors (Lipinski definition) is 2. The Morgan fingerprint density at radius 3 is 2.70 bits per heavy atom. The van der Waals surface area contributed by atoms with Crippen molar-refractivity contribution < 1.29 is 9.53 Å². The highest BCUT2D eigenvalue weighted by molar-refractivity contribution is 5.93. The van der Waals surface area contributed by atoms with E-state index in [9.17, 15) is 4.79 Å². The second-order valence-electron chi connectivity index (χ2n) is 5.88.